The molecule has 5 heteroatoms. The van der Waals surface area contributed by atoms with Crippen LogP contribution < -0.4 is 11.1 Å². The minimum Gasteiger partial charge on any atom is -0.351 e. The third kappa shape index (κ3) is 3.37. The number of amides is 1. The number of nitrogens with one attached hydrogen (secondary N) is 1. The Labute approximate surface area is 87.9 Å². The van der Waals surface area contributed by atoms with Crippen LogP contribution in [0.1, 0.15) is 22.5 Å². The van der Waals surface area contributed by atoms with E-state index in [1.54, 1.807) is 18.3 Å². The van der Waals surface area contributed by atoms with Crippen LogP contribution in [-0.2, 0) is 6.54 Å². The Bertz CT molecular complexity index is 383. The average molecular weight is 204 g/mol. The van der Waals surface area contributed by atoms with E-state index >= 15 is 0 Å². The highest BCUT2D eigenvalue weighted by atomic mass is 16.1. The molecule has 3 N–H and O–H groups in total. The van der Waals surface area contributed by atoms with Crippen LogP contribution >= 0.6 is 0 Å². The smallest absolute Gasteiger partial charge is 0.251 e. The van der Waals surface area contributed by atoms with Gasteiger partial charge in [-0.15, -0.1) is 0 Å². The molecule has 0 aliphatic carbocycles. The van der Waals surface area contributed by atoms with E-state index in [0.29, 0.717) is 30.8 Å². The highest BCUT2D eigenvalue weighted by molar-refractivity contribution is 5.94. The van der Waals surface area contributed by atoms with Crippen LogP contribution in [0.2, 0.25) is 0 Å². The maximum atomic E-state index is 11.5. The van der Waals surface area contributed by atoms with Crippen molar-refractivity contribution in [1.29, 1.82) is 5.26 Å². The molecular formula is C10H12N4O. The molecule has 0 saturated heterocycles. The highest BCUT2D eigenvalue weighted by Crippen LogP contribution is 2.00. The molecule has 15 heavy (non-hydrogen) atoms. The first-order valence-corrected chi connectivity index (χ1v) is 4.58. The molecule has 1 aromatic rings. The van der Waals surface area contributed by atoms with Crippen LogP contribution in [0.3, 0.4) is 0 Å². The normalized spacial score (nSPS) is 9.33. The van der Waals surface area contributed by atoms with Gasteiger partial charge >= 0.3 is 0 Å². The van der Waals surface area contributed by atoms with E-state index in [2.05, 4.69) is 10.3 Å². The van der Waals surface area contributed by atoms with Crippen molar-refractivity contribution in [2.45, 2.75) is 13.0 Å². The largest absolute Gasteiger partial charge is 0.351 e. The van der Waals surface area contributed by atoms with Crippen LogP contribution in [-0.4, -0.2) is 17.4 Å². The van der Waals surface area contributed by atoms with Crippen molar-refractivity contribution in [1.82, 2.24) is 10.3 Å². The fraction of sp³-hybridized carbons (Fsp3) is 0.300. The predicted octanol–water partition coefficient (Wildman–Crippen LogP) is 0.184. The lowest BCUT2D eigenvalue weighted by atomic mass is 10.2. The number of nitriles is 1. The molecule has 5 nitrogen and oxygen atoms in total. The quantitative estimate of drug-likeness (QED) is 0.684. The summed E-state index contributed by atoms with van der Waals surface area (Å²) in [5.74, 6) is -0.206. The molecule has 78 valence electrons. The summed E-state index contributed by atoms with van der Waals surface area (Å²) >= 11 is 0. The Kier molecular flexibility index (Phi) is 4.26. The second kappa shape index (κ2) is 5.73. The first-order valence-electron chi connectivity index (χ1n) is 4.58. The molecule has 0 atom stereocenters. The molecule has 0 spiro atoms. The van der Waals surface area contributed by atoms with E-state index in [-0.39, 0.29) is 5.91 Å². The van der Waals surface area contributed by atoms with Crippen molar-refractivity contribution in [3.8, 4) is 6.07 Å². The standard InChI is InChI=1S/C10H12N4O/c11-3-1-4-14-10(15)8-2-5-13-9(6-8)7-12/h2,5-6H,1,4,7,12H2,(H,14,15). The van der Waals surface area contributed by atoms with E-state index in [1.807, 2.05) is 6.07 Å². The SMILES string of the molecule is N#CCCNC(=O)c1ccnc(CN)c1. The van der Waals surface area contributed by atoms with Crippen molar-refractivity contribution in [2.75, 3.05) is 6.54 Å². The van der Waals surface area contributed by atoms with Gasteiger partial charge in [0.25, 0.3) is 5.91 Å². The second-order valence-electron chi connectivity index (χ2n) is 2.90. The van der Waals surface area contributed by atoms with Crippen LogP contribution in [0.25, 0.3) is 0 Å². The summed E-state index contributed by atoms with van der Waals surface area (Å²) < 4.78 is 0. The average Bonchev–Trinajstić information content (AvgIpc) is 2.29. The Hall–Kier alpha value is -1.93. The Morgan fingerprint density at radius 1 is 1.67 bits per heavy atom. The van der Waals surface area contributed by atoms with E-state index < -0.39 is 0 Å². The number of nitrogens with zero attached hydrogens (tertiary/aromatic N) is 2. The number of aromatic nitrogens is 1. The summed E-state index contributed by atoms with van der Waals surface area (Å²) in [6.45, 7) is 0.662. The predicted molar refractivity (Wildman–Crippen MR) is 54.7 cm³/mol. The molecule has 0 unspecified atom stereocenters. The first-order chi connectivity index (χ1) is 7.27. The third-order valence-corrected chi connectivity index (χ3v) is 1.81. The molecule has 0 bridgehead atoms. The summed E-state index contributed by atoms with van der Waals surface area (Å²) in [7, 11) is 0. The second-order valence-corrected chi connectivity index (χ2v) is 2.90. The summed E-state index contributed by atoms with van der Waals surface area (Å²) in [4.78, 5) is 15.5. The molecule has 1 heterocycles. The van der Waals surface area contributed by atoms with Gasteiger partial charge in [0.15, 0.2) is 0 Å². The summed E-state index contributed by atoms with van der Waals surface area (Å²) in [6.07, 6.45) is 1.85. The number of hydrogen-bond donors (Lipinski definition) is 2. The lowest BCUT2D eigenvalue weighted by Gasteiger charge is -2.03. The molecule has 0 aliphatic rings. The number of carbonyl (C=O) groups is 1. The van der Waals surface area contributed by atoms with Crippen LogP contribution in [0.4, 0.5) is 0 Å². The van der Waals surface area contributed by atoms with Gasteiger partial charge in [-0.05, 0) is 12.1 Å². The van der Waals surface area contributed by atoms with Gasteiger partial charge in [0, 0.05) is 24.8 Å². The zero-order valence-electron chi connectivity index (χ0n) is 8.23. The van der Waals surface area contributed by atoms with Gasteiger partial charge in [-0.3, -0.25) is 9.78 Å². The van der Waals surface area contributed by atoms with Gasteiger partial charge in [0.2, 0.25) is 0 Å². The maximum absolute atomic E-state index is 11.5. The molecule has 0 fully saturated rings. The Morgan fingerprint density at radius 2 is 2.47 bits per heavy atom. The zero-order chi connectivity index (χ0) is 11.1. The lowest BCUT2D eigenvalue weighted by molar-refractivity contribution is 0.0954. The van der Waals surface area contributed by atoms with Gasteiger partial charge < -0.3 is 11.1 Å². The van der Waals surface area contributed by atoms with Crippen LogP contribution in [0, 0.1) is 11.3 Å². The van der Waals surface area contributed by atoms with Gasteiger partial charge in [-0.2, -0.15) is 5.26 Å². The molecule has 1 rings (SSSR count). The lowest BCUT2D eigenvalue weighted by Crippen LogP contribution is -2.24. The van der Waals surface area contributed by atoms with E-state index in [0.717, 1.165) is 0 Å². The summed E-state index contributed by atoms with van der Waals surface area (Å²) in [5, 5.41) is 10.9. The van der Waals surface area contributed by atoms with Gasteiger partial charge in [0.05, 0.1) is 18.2 Å². The van der Waals surface area contributed by atoms with Crippen molar-refractivity contribution in [3.05, 3.63) is 29.6 Å². The van der Waals surface area contributed by atoms with Crippen molar-refractivity contribution < 1.29 is 4.79 Å². The summed E-state index contributed by atoms with van der Waals surface area (Å²) in [6, 6.07) is 5.20. The maximum Gasteiger partial charge on any atom is 0.251 e. The third-order valence-electron chi connectivity index (χ3n) is 1.81. The highest BCUT2D eigenvalue weighted by Gasteiger charge is 2.04. The fourth-order valence-corrected chi connectivity index (χ4v) is 1.07. The molecule has 1 amide bonds. The minimum atomic E-state index is -0.206. The van der Waals surface area contributed by atoms with Crippen molar-refractivity contribution in [2.24, 2.45) is 5.73 Å². The van der Waals surface area contributed by atoms with E-state index in [1.165, 1.54) is 0 Å². The number of nitrogens with two attached hydrogens (primary N) is 1. The van der Waals surface area contributed by atoms with E-state index in [9.17, 15) is 4.79 Å². The van der Waals surface area contributed by atoms with Crippen LogP contribution in [0.15, 0.2) is 18.3 Å². The van der Waals surface area contributed by atoms with Crippen LogP contribution in [0.5, 0.6) is 0 Å². The Morgan fingerprint density at radius 3 is 3.13 bits per heavy atom. The number of carbonyl (C=O) groups excluding carboxylic acids is 1. The van der Waals surface area contributed by atoms with Crippen molar-refractivity contribution in [3.63, 3.8) is 0 Å². The first kappa shape index (κ1) is 11.1. The number of rotatable bonds is 4. The Balaban J connectivity index is 2.61. The number of hydrogen-bond acceptors (Lipinski definition) is 4. The van der Waals surface area contributed by atoms with Gasteiger partial charge in [-0.25, -0.2) is 0 Å². The molecule has 0 radical (unpaired) electrons. The topological polar surface area (TPSA) is 91.8 Å². The molecule has 0 aliphatic heterocycles. The van der Waals surface area contributed by atoms with Gasteiger partial charge in [0.1, 0.15) is 0 Å². The molecule has 0 aromatic carbocycles. The van der Waals surface area contributed by atoms with Crippen molar-refractivity contribution >= 4 is 5.91 Å². The van der Waals surface area contributed by atoms with E-state index in [4.69, 9.17) is 11.0 Å². The monoisotopic (exact) mass is 204 g/mol. The molecular weight excluding hydrogens is 192 g/mol. The summed E-state index contributed by atoms with van der Waals surface area (Å²) in [5.41, 5.74) is 6.59. The minimum absolute atomic E-state index is 0.206. The number of pyridine rings is 1. The zero-order valence-corrected chi connectivity index (χ0v) is 8.23. The molecule has 0 saturated carbocycles. The fourth-order valence-electron chi connectivity index (χ4n) is 1.07. The molecule has 1 aromatic heterocycles. The van der Waals surface area contributed by atoms with Gasteiger partial charge in [-0.1, -0.05) is 0 Å².